The number of rotatable bonds is 7. The van der Waals surface area contributed by atoms with E-state index in [0.29, 0.717) is 0 Å². The van der Waals surface area contributed by atoms with Crippen LogP contribution < -0.4 is 0 Å². The van der Waals surface area contributed by atoms with E-state index < -0.39 is 13.4 Å². The molecule has 0 aromatic heterocycles. The maximum atomic E-state index is 10.7. The minimum atomic E-state index is -4.34. The van der Waals surface area contributed by atoms with Crippen molar-refractivity contribution in [3.8, 4) is 0 Å². The molecule has 0 bridgehead atoms. The van der Waals surface area contributed by atoms with Crippen molar-refractivity contribution < 1.29 is 19.5 Å². The van der Waals surface area contributed by atoms with E-state index in [-0.39, 0.29) is 6.54 Å². The summed E-state index contributed by atoms with van der Waals surface area (Å²) in [6.07, 6.45) is 1.82. The number of aliphatic hydroxyl groups excluding tert-OH is 1. The number of hydrogen-bond donors (Lipinski definition) is 3. The van der Waals surface area contributed by atoms with E-state index in [1.807, 2.05) is 18.7 Å². The van der Waals surface area contributed by atoms with Crippen LogP contribution in [-0.4, -0.2) is 45.3 Å². The molecule has 0 aliphatic heterocycles. The normalized spacial score (nSPS) is 14.7. The SMILES string of the molecule is CCCN(CCC)CC(O)P(=O)(O)O. The molecular formula is C8H20NO4P. The van der Waals surface area contributed by atoms with Gasteiger partial charge in [0.15, 0.2) is 5.85 Å². The maximum Gasteiger partial charge on any atom is 0.355 e. The molecule has 86 valence electrons. The van der Waals surface area contributed by atoms with Crippen molar-refractivity contribution >= 4 is 7.60 Å². The molecule has 0 aliphatic rings. The Morgan fingerprint density at radius 1 is 1.21 bits per heavy atom. The van der Waals surface area contributed by atoms with Gasteiger partial charge in [-0.15, -0.1) is 0 Å². The highest BCUT2D eigenvalue weighted by molar-refractivity contribution is 7.52. The first-order valence-electron chi connectivity index (χ1n) is 4.87. The second-order valence-electron chi connectivity index (χ2n) is 3.37. The van der Waals surface area contributed by atoms with Crippen LogP contribution in [0.15, 0.2) is 0 Å². The van der Waals surface area contributed by atoms with Crippen molar-refractivity contribution in [2.45, 2.75) is 32.5 Å². The van der Waals surface area contributed by atoms with Crippen molar-refractivity contribution in [2.24, 2.45) is 0 Å². The van der Waals surface area contributed by atoms with E-state index >= 15 is 0 Å². The van der Waals surface area contributed by atoms with Gasteiger partial charge in [-0.25, -0.2) is 0 Å². The second kappa shape index (κ2) is 6.53. The molecule has 0 radical (unpaired) electrons. The summed E-state index contributed by atoms with van der Waals surface area (Å²) in [5.41, 5.74) is 0. The zero-order chi connectivity index (χ0) is 11.2. The molecule has 1 atom stereocenters. The summed E-state index contributed by atoms with van der Waals surface area (Å²) in [7, 11) is -4.34. The summed E-state index contributed by atoms with van der Waals surface area (Å²) in [6, 6.07) is 0. The summed E-state index contributed by atoms with van der Waals surface area (Å²) in [4.78, 5) is 19.3. The molecule has 6 heteroatoms. The van der Waals surface area contributed by atoms with Gasteiger partial charge in [-0.3, -0.25) is 4.57 Å². The number of nitrogens with zero attached hydrogens (tertiary/aromatic N) is 1. The summed E-state index contributed by atoms with van der Waals surface area (Å²) in [6.45, 7) is 5.54. The predicted octanol–water partition coefficient (Wildman–Crippen LogP) is 0.605. The standard InChI is InChI=1S/C8H20NO4P/c1-3-5-9(6-4-2)7-8(10)14(11,12)13/h8,10H,3-7H2,1-2H3,(H2,11,12,13). The van der Waals surface area contributed by atoms with Gasteiger partial charge in [-0.05, 0) is 25.9 Å². The minimum Gasteiger partial charge on any atom is -0.379 e. The van der Waals surface area contributed by atoms with Gasteiger partial charge in [0.1, 0.15) is 0 Å². The van der Waals surface area contributed by atoms with Crippen molar-refractivity contribution in [1.82, 2.24) is 4.90 Å². The van der Waals surface area contributed by atoms with Crippen LogP contribution in [0.4, 0.5) is 0 Å². The minimum absolute atomic E-state index is 0.0476. The van der Waals surface area contributed by atoms with Crippen LogP contribution in [0.25, 0.3) is 0 Å². The molecular weight excluding hydrogens is 205 g/mol. The summed E-state index contributed by atoms with van der Waals surface area (Å²) in [5, 5.41) is 9.20. The summed E-state index contributed by atoms with van der Waals surface area (Å²) >= 11 is 0. The van der Waals surface area contributed by atoms with E-state index in [2.05, 4.69) is 0 Å². The lowest BCUT2D eigenvalue weighted by atomic mass is 10.3. The van der Waals surface area contributed by atoms with Crippen LogP contribution in [0.3, 0.4) is 0 Å². The number of aliphatic hydroxyl groups is 1. The zero-order valence-electron chi connectivity index (χ0n) is 8.76. The Labute approximate surface area is 84.9 Å². The highest BCUT2D eigenvalue weighted by Gasteiger charge is 2.27. The van der Waals surface area contributed by atoms with Crippen LogP contribution in [0.2, 0.25) is 0 Å². The molecule has 0 aromatic rings. The van der Waals surface area contributed by atoms with E-state index in [9.17, 15) is 9.67 Å². The van der Waals surface area contributed by atoms with Crippen LogP contribution in [0.1, 0.15) is 26.7 Å². The lowest BCUT2D eigenvalue weighted by Gasteiger charge is -2.24. The van der Waals surface area contributed by atoms with Crippen molar-refractivity contribution in [3.05, 3.63) is 0 Å². The van der Waals surface area contributed by atoms with E-state index in [4.69, 9.17) is 9.79 Å². The molecule has 14 heavy (non-hydrogen) atoms. The average molecular weight is 225 g/mol. The maximum absolute atomic E-state index is 10.7. The summed E-state index contributed by atoms with van der Waals surface area (Å²) < 4.78 is 10.7. The Balaban J connectivity index is 4.08. The molecule has 3 N–H and O–H groups in total. The van der Waals surface area contributed by atoms with Gasteiger partial charge in [-0.2, -0.15) is 0 Å². The van der Waals surface area contributed by atoms with Gasteiger partial charge < -0.3 is 19.8 Å². The lowest BCUT2D eigenvalue weighted by Crippen LogP contribution is -2.33. The fourth-order valence-corrected chi connectivity index (χ4v) is 1.71. The van der Waals surface area contributed by atoms with E-state index in [1.165, 1.54) is 0 Å². The third-order valence-electron chi connectivity index (χ3n) is 1.89. The predicted molar refractivity (Wildman–Crippen MR) is 55.1 cm³/mol. The van der Waals surface area contributed by atoms with Gasteiger partial charge in [0.25, 0.3) is 0 Å². The third kappa shape index (κ3) is 5.73. The molecule has 0 aliphatic carbocycles. The van der Waals surface area contributed by atoms with Gasteiger partial charge in [0, 0.05) is 6.54 Å². The van der Waals surface area contributed by atoms with Crippen molar-refractivity contribution in [2.75, 3.05) is 19.6 Å². The molecule has 0 heterocycles. The quantitative estimate of drug-likeness (QED) is 0.553. The largest absolute Gasteiger partial charge is 0.379 e. The molecule has 0 spiro atoms. The molecule has 0 rings (SSSR count). The first kappa shape index (κ1) is 14.1. The van der Waals surface area contributed by atoms with E-state index in [1.54, 1.807) is 0 Å². The fourth-order valence-electron chi connectivity index (χ4n) is 1.26. The first-order chi connectivity index (χ1) is 6.41. The average Bonchev–Trinajstić information content (AvgIpc) is 2.03. The zero-order valence-corrected chi connectivity index (χ0v) is 9.65. The molecule has 0 saturated heterocycles. The first-order valence-corrected chi connectivity index (χ1v) is 6.55. The van der Waals surface area contributed by atoms with Crippen LogP contribution in [0.5, 0.6) is 0 Å². The monoisotopic (exact) mass is 225 g/mol. The van der Waals surface area contributed by atoms with E-state index in [0.717, 1.165) is 25.9 Å². The van der Waals surface area contributed by atoms with Crippen LogP contribution >= 0.6 is 7.60 Å². The Morgan fingerprint density at radius 3 is 1.93 bits per heavy atom. The Kier molecular flexibility index (Phi) is 6.57. The molecule has 1 unspecified atom stereocenters. The van der Waals surface area contributed by atoms with Crippen LogP contribution in [-0.2, 0) is 4.57 Å². The Bertz CT molecular complexity index is 188. The lowest BCUT2D eigenvalue weighted by molar-refractivity contribution is 0.141. The fraction of sp³-hybridized carbons (Fsp3) is 1.00. The number of hydrogen-bond acceptors (Lipinski definition) is 3. The molecule has 0 saturated carbocycles. The topological polar surface area (TPSA) is 81.0 Å². The molecule has 0 aromatic carbocycles. The van der Waals surface area contributed by atoms with Gasteiger partial charge >= 0.3 is 7.60 Å². The van der Waals surface area contributed by atoms with Crippen LogP contribution in [0, 0.1) is 0 Å². The Hall–Kier alpha value is 0.0700. The second-order valence-corrected chi connectivity index (χ2v) is 5.14. The van der Waals surface area contributed by atoms with Crippen molar-refractivity contribution in [3.63, 3.8) is 0 Å². The third-order valence-corrected chi connectivity index (χ3v) is 2.83. The smallest absolute Gasteiger partial charge is 0.355 e. The van der Waals surface area contributed by atoms with Gasteiger partial charge in [0.2, 0.25) is 0 Å². The van der Waals surface area contributed by atoms with Gasteiger partial charge in [-0.1, -0.05) is 13.8 Å². The molecule has 5 nitrogen and oxygen atoms in total. The molecule has 0 fully saturated rings. The highest BCUT2D eigenvalue weighted by Crippen LogP contribution is 2.39. The molecule has 0 amide bonds. The van der Waals surface area contributed by atoms with Gasteiger partial charge in [0.05, 0.1) is 0 Å². The summed E-state index contributed by atoms with van der Waals surface area (Å²) in [5.74, 6) is -1.56. The van der Waals surface area contributed by atoms with Crippen molar-refractivity contribution in [1.29, 1.82) is 0 Å². The highest BCUT2D eigenvalue weighted by atomic mass is 31.2. The Morgan fingerprint density at radius 2 is 1.64 bits per heavy atom.